The Morgan fingerprint density at radius 1 is 1.69 bits per heavy atom. The normalized spacial score (nSPS) is 32.8. The van der Waals surface area contributed by atoms with E-state index in [1.165, 1.54) is 25.3 Å². The zero-order valence-electron chi connectivity index (χ0n) is 7.52. The molecule has 13 heavy (non-hydrogen) atoms. The summed E-state index contributed by atoms with van der Waals surface area (Å²) in [7, 11) is 1.42. The molecule has 4 heteroatoms. The second-order valence-corrected chi connectivity index (χ2v) is 3.14. The SMILES string of the molecule is COC1C=C(C(=O)O)C=CC1(C)O. The first-order valence-corrected chi connectivity index (χ1v) is 3.87. The first kappa shape index (κ1) is 9.95. The highest BCUT2D eigenvalue weighted by atomic mass is 16.5. The van der Waals surface area contributed by atoms with Crippen molar-refractivity contribution >= 4 is 5.97 Å². The number of rotatable bonds is 2. The lowest BCUT2D eigenvalue weighted by Gasteiger charge is -2.29. The molecular formula is C9H12O4. The number of aliphatic hydroxyl groups is 1. The topological polar surface area (TPSA) is 66.8 Å². The summed E-state index contributed by atoms with van der Waals surface area (Å²) in [6.45, 7) is 1.56. The fourth-order valence-electron chi connectivity index (χ4n) is 1.19. The van der Waals surface area contributed by atoms with E-state index in [9.17, 15) is 9.90 Å². The van der Waals surface area contributed by atoms with E-state index in [1.54, 1.807) is 6.92 Å². The number of carbonyl (C=O) groups is 1. The summed E-state index contributed by atoms with van der Waals surface area (Å²) in [5.41, 5.74) is -0.994. The van der Waals surface area contributed by atoms with Gasteiger partial charge in [-0.2, -0.15) is 0 Å². The zero-order chi connectivity index (χ0) is 10.1. The number of aliphatic carboxylic acids is 1. The first-order chi connectivity index (χ1) is 5.97. The van der Waals surface area contributed by atoms with Crippen molar-refractivity contribution in [2.45, 2.75) is 18.6 Å². The second kappa shape index (κ2) is 3.32. The monoisotopic (exact) mass is 184 g/mol. The van der Waals surface area contributed by atoms with Crippen LogP contribution in [0.4, 0.5) is 0 Å². The minimum absolute atomic E-state index is 0.137. The minimum atomic E-state index is -1.13. The van der Waals surface area contributed by atoms with Crippen molar-refractivity contribution in [3.8, 4) is 0 Å². The third-order valence-electron chi connectivity index (χ3n) is 2.01. The minimum Gasteiger partial charge on any atom is -0.478 e. The van der Waals surface area contributed by atoms with Crippen LogP contribution < -0.4 is 0 Å². The lowest BCUT2D eigenvalue weighted by molar-refractivity contribution is -0.132. The molecule has 1 rings (SSSR count). The van der Waals surface area contributed by atoms with Gasteiger partial charge in [-0.05, 0) is 25.2 Å². The Hall–Kier alpha value is -1.13. The van der Waals surface area contributed by atoms with Gasteiger partial charge in [-0.25, -0.2) is 4.79 Å². The number of carboxylic acids is 1. The first-order valence-electron chi connectivity index (χ1n) is 3.87. The summed E-state index contributed by atoms with van der Waals surface area (Å²) in [6.07, 6.45) is 3.58. The van der Waals surface area contributed by atoms with Crippen LogP contribution in [-0.2, 0) is 9.53 Å². The van der Waals surface area contributed by atoms with Crippen LogP contribution >= 0.6 is 0 Å². The molecule has 0 aromatic carbocycles. The van der Waals surface area contributed by atoms with Gasteiger partial charge in [-0.3, -0.25) is 0 Å². The van der Waals surface area contributed by atoms with Crippen LogP contribution in [0.5, 0.6) is 0 Å². The maximum atomic E-state index is 10.6. The molecule has 2 N–H and O–H groups in total. The number of methoxy groups -OCH3 is 1. The Morgan fingerprint density at radius 2 is 2.31 bits per heavy atom. The van der Waals surface area contributed by atoms with E-state index in [4.69, 9.17) is 9.84 Å². The molecule has 1 aliphatic carbocycles. The van der Waals surface area contributed by atoms with Crippen molar-refractivity contribution in [2.75, 3.05) is 7.11 Å². The van der Waals surface area contributed by atoms with Gasteiger partial charge in [0.2, 0.25) is 0 Å². The van der Waals surface area contributed by atoms with E-state index >= 15 is 0 Å². The molecule has 0 radical (unpaired) electrons. The number of carboxylic acid groups (broad SMARTS) is 1. The van der Waals surface area contributed by atoms with E-state index in [-0.39, 0.29) is 5.57 Å². The quantitative estimate of drug-likeness (QED) is 0.649. The highest BCUT2D eigenvalue weighted by Crippen LogP contribution is 2.23. The highest BCUT2D eigenvalue weighted by Gasteiger charge is 2.31. The van der Waals surface area contributed by atoms with Crippen molar-refractivity contribution in [1.82, 2.24) is 0 Å². The molecule has 0 saturated carbocycles. The lowest BCUT2D eigenvalue weighted by Crippen LogP contribution is -2.39. The molecular weight excluding hydrogens is 172 g/mol. The van der Waals surface area contributed by atoms with E-state index in [0.717, 1.165) is 0 Å². The van der Waals surface area contributed by atoms with Crippen LogP contribution in [0, 0.1) is 0 Å². The molecule has 0 bridgehead atoms. The maximum Gasteiger partial charge on any atom is 0.335 e. The molecule has 72 valence electrons. The molecule has 0 spiro atoms. The Balaban J connectivity index is 2.93. The van der Waals surface area contributed by atoms with Crippen LogP contribution in [0.3, 0.4) is 0 Å². The molecule has 2 atom stereocenters. The molecule has 0 saturated heterocycles. The van der Waals surface area contributed by atoms with Gasteiger partial charge in [0.1, 0.15) is 11.7 Å². The van der Waals surface area contributed by atoms with Gasteiger partial charge >= 0.3 is 5.97 Å². The average molecular weight is 184 g/mol. The Labute approximate surface area is 76.1 Å². The van der Waals surface area contributed by atoms with Gasteiger partial charge in [0.25, 0.3) is 0 Å². The van der Waals surface area contributed by atoms with Crippen molar-refractivity contribution in [3.63, 3.8) is 0 Å². The van der Waals surface area contributed by atoms with Crippen molar-refractivity contribution in [3.05, 3.63) is 23.8 Å². The maximum absolute atomic E-state index is 10.6. The van der Waals surface area contributed by atoms with Crippen molar-refractivity contribution in [1.29, 1.82) is 0 Å². The summed E-state index contributed by atoms with van der Waals surface area (Å²) in [5, 5.41) is 18.3. The lowest BCUT2D eigenvalue weighted by atomic mass is 9.91. The Kier molecular flexibility index (Phi) is 2.54. The van der Waals surface area contributed by atoms with Gasteiger partial charge in [0.05, 0.1) is 5.57 Å². The fourth-order valence-corrected chi connectivity index (χ4v) is 1.19. The van der Waals surface area contributed by atoms with Crippen LogP contribution in [0.1, 0.15) is 6.92 Å². The standard InChI is InChI=1S/C9H12O4/c1-9(12)4-3-6(8(10)11)5-7(9)13-2/h3-5,7,12H,1-2H3,(H,10,11). The Morgan fingerprint density at radius 3 is 2.77 bits per heavy atom. The van der Waals surface area contributed by atoms with Crippen LogP contribution in [0.2, 0.25) is 0 Å². The van der Waals surface area contributed by atoms with E-state index in [1.807, 2.05) is 0 Å². The summed E-state index contributed by atoms with van der Waals surface area (Å²) in [6, 6.07) is 0. The third kappa shape index (κ3) is 1.96. The molecule has 0 aromatic rings. The van der Waals surface area contributed by atoms with Crippen molar-refractivity contribution < 1.29 is 19.7 Å². The zero-order valence-corrected chi connectivity index (χ0v) is 7.52. The average Bonchev–Trinajstić information content (AvgIpc) is 2.03. The second-order valence-electron chi connectivity index (χ2n) is 3.14. The number of ether oxygens (including phenoxy) is 1. The van der Waals surface area contributed by atoms with Gasteiger partial charge in [-0.15, -0.1) is 0 Å². The molecule has 0 aromatic heterocycles. The van der Waals surface area contributed by atoms with E-state index in [2.05, 4.69) is 0 Å². The molecule has 0 heterocycles. The summed E-state index contributed by atoms with van der Waals surface area (Å²) < 4.78 is 4.95. The predicted octanol–water partition coefficient (Wildman–Crippen LogP) is 0.333. The van der Waals surface area contributed by atoms with E-state index < -0.39 is 17.7 Å². The van der Waals surface area contributed by atoms with Crippen LogP contribution in [0.25, 0.3) is 0 Å². The molecule has 1 aliphatic rings. The molecule has 0 amide bonds. The van der Waals surface area contributed by atoms with Crippen LogP contribution in [0.15, 0.2) is 23.8 Å². The van der Waals surface area contributed by atoms with Crippen LogP contribution in [-0.4, -0.2) is 35.0 Å². The van der Waals surface area contributed by atoms with Gasteiger partial charge < -0.3 is 14.9 Å². The Bertz CT molecular complexity index is 275. The molecule has 0 fully saturated rings. The van der Waals surface area contributed by atoms with Gasteiger partial charge in [0.15, 0.2) is 0 Å². The summed E-state index contributed by atoms with van der Waals surface area (Å²) in [5.74, 6) is -1.02. The van der Waals surface area contributed by atoms with Gasteiger partial charge in [-0.1, -0.05) is 0 Å². The molecule has 0 aliphatic heterocycles. The number of hydrogen-bond donors (Lipinski definition) is 2. The smallest absolute Gasteiger partial charge is 0.335 e. The van der Waals surface area contributed by atoms with Gasteiger partial charge in [0, 0.05) is 7.11 Å². The summed E-state index contributed by atoms with van der Waals surface area (Å²) in [4.78, 5) is 10.6. The number of hydrogen-bond acceptors (Lipinski definition) is 3. The predicted molar refractivity (Wildman–Crippen MR) is 46.3 cm³/mol. The summed E-state index contributed by atoms with van der Waals surface area (Å²) >= 11 is 0. The molecule has 2 unspecified atom stereocenters. The fraction of sp³-hybridized carbons (Fsp3) is 0.444. The highest BCUT2D eigenvalue weighted by molar-refractivity contribution is 5.90. The largest absolute Gasteiger partial charge is 0.478 e. The third-order valence-corrected chi connectivity index (χ3v) is 2.01. The van der Waals surface area contributed by atoms with E-state index in [0.29, 0.717) is 0 Å². The van der Waals surface area contributed by atoms with Crippen molar-refractivity contribution in [2.24, 2.45) is 0 Å². The molecule has 4 nitrogen and oxygen atoms in total.